The third-order valence-corrected chi connectivity index (χ3v) is 2.20. The molecule has 0 fully saturated rings. The van der Waals surface area contributed by atoms with E-state index in [4.69, 9.17) is 4.74 Å². The maximum Gasteiger partial charge on any atom is 0.271 e. The number of hydrogen-bond donors (Lipinski definition) is 3. The van der Waals surface area contributed by atoms with Gasteiger partial charge in [-0.05, 0) is 12.1 Å². The number of para-hydroxylation sites is 1. The number of nitrogens with one attached hydrogen (secondary N) is 2. The van der Waals surface area contributed by atoms with Crippen LogP contribution in [-0.4, -0.2) is 33.6 Å². The molecule has 2 aromatic rings. The molecule has 0 saturated heterocycles. The molecule has 3 N–H and O–H groups in total. The Balaban J connectivity index is 2.13. The summed E-state index contributed by atoms with van der Waals surface area (Å²) in [5, 5.41) is 20.7. The zero-order valence-corrected chi connectivity index (χ0v) is 9.99. The van der Waals surface area contributed by atoms with E-state index in [1.807, 2.05) is 0 Å². The molecule has 1 heterocycles. The number of aromatic nitrogens is 3. The summed E-state index contributed by atoms with van der Waals surface area (Å²) in [7, 11) is 1.46. The second kappa shape index (κ2) is 5.63. The number of aromatic amines is 1. The second-order valence-corrected chi connectivity index (χ2v) is 3.45. The van der Waals surface area contributed by atoms with Crippen molar-refractivity contribution in [3.05, 3.63) is 40.3 Å². The molecule has 8 nitrogen and oxygen atoms in total. The Labute approximate surface area is 107 Å². The highest BCUT2D eigenvalue weighted by Gasteiger charge is 2.04. The van der Waals surface area contributed by atoms with Crippen LogP contribution in [0.25, 0.3) is 0 Å². The Morgan fingerprint density at radius 3 is 3.11 bits per heavy atom. The number of aromatic hydroxyl groups is 1. The maximum absolute atomic E-state index is 11.0. The van der Waals surface area contributed by atoms with E-state index in [1.165, 1.54) is 13.3 Å². The Morgan fingerprint density at radius 2 is 2.37 bits per heavy atom. The quantitative estimate of drug-likeness (QED) is 0.540. The summed E-state index contributed by atoms with van der Waals surface area (Å²) >= 11 is 0. The van der Waals surface area contributed by atoms with Crippen molar-refractivity contribution in [2.45, 2.75) is 0 Å². The van der Waals surface area contributed by atoms with Crippen molar-refractivity contribution in [1.82, 2.24) is 15.2 Å². The van der Waals surface area contributed by atoms with Crippen LogP contribution in [0.4, 0.5) is 5.95 Å². The number of H-pyrrole nitrogens is 1. The van der Waals surface area contributed by atoms with Gasteiger partial charge in [0.1, 0.15) is 6.20 Å². The van der Waals surface area contributed by atoms with Gasteiger partial charge in [-0.25, -0.2) is 5.43 Å². The molecule has 98 valence electrons. The molecule has 1 aromatic heterocycles. The lowest BCUT2D eigenvalue weighted by Gasteiger charge is -2.04. The number of rotatable bonds is 4. The first kappa shape index (κ1) is 12.6. The van der Waals surface area contributed by atoms with Gasteiger partial charge in [-0.15, -0.1) is 10.2 Å². The molecular formula is C11H11N5O3. The lowest BCUT2D eigenvalue weighted by atomic mass is 10.2. The van der Waals surface area contributed by atoms with Gasteiger partial charge in [0, 0.05) is 5.56 Å². The Morgan fingerprint density at radius 1 is 1.53 bits per heavy atom. The number of hydrazone groups is 1. The zero-order valence-electron chi connectivity index (χ0n) is 9.99. The van der Waals surface area contributed by atoms with Crippen molar-refractivity contribution < 1.29 is 9.84 Å². The summed E-state index contributed by atoms with van der Waals surface area (Å²) in [4.78, 5) is 13.3. The van der Waals surface area contributed by atoms with Crippen molar-refractivity contribution in [1.29, 1.82) is 0 Å². The SMILES string of the molecule is COc1cccc(/C=N\Nc2nncc(=O)[nH]2)c1O. The van der Waals surface area contributed by atoms with E-state index in [0.29, 0.717) is 11.3 Å². The van der Waals surface area contributed by atoms with Crippen LogP contribution in [0.15, 0.2) is 34.3 Å². The number of methoxy groups -OCH3 is 1. The van der Waals surface area contributed by atoms with E-state index >= 15 is 0 Å². The highest BCUT2D eigenvalue weighted by molar-refractivity contribution is 5.85. The van der Waals surface area contributed by atoms with Crippen LogP contribution in [0, 0.1) is 0 Å². The highest BCUT2D eigenvalue weighted by Crippen LogP contribution is 2.27. The van der Waals surface area contributed by atoms with E-state index in [0.717, 1.165) is 6.20 Å². The molecule has 1 aromatic carbocycles. The van der Waals surface area contributed by atoms with Crippen molar-refractivity contribution >= 4 is 12.2 Å². The third-order valence-electron chi connectivity index (χ3n) is 2.20. The predicted octanol–water partition coefficient (Wildman–Crippen LogP) is 0.325. The fourth-order valence-electron chi connectivity index (χ4n) is 1.33. The third kappa shape index (κ3) is 3.06. The molecule has 0 bridgehead atoms. The van der Waals surface area contributed by atoms with Gasteiger partial charge in [0.2, 0.25) is 5.95 Å². The molecule has 0 atom stereocenters. The molecule has 0 unspecified atom stereocenters. The molecule has 0 amide bonds. The van der Waals surface area contributed by atoms with Gasteiger partial charge in [0.15, 0.2) is 11.5 Å². The molecule has 0 saturated carbocycles. The average molecular weight is 261 g/mol. The normalized spacial score (nSPS) is 10.6. The monoisotopic (exact) mass is 261 g/mol. The standard InChI is InChI=1S/C11H11N5O3/c1-19-8-4-2-3-7(10(8)18)5-12-15-11-14-9(17)6-13-16-11/h2-6,18H,1H3,(H2,14,15,16,17)/b12-5-. The molecule has 2 rings (SSSR count). The van der Waals surface area contributed by atoms with Crippen LogP contribution in [0.3, 0.4) is 0 Å². The minimum Gasteiger partial charge on any atom is -0.504 e. The zero-order chi connectivity index (χ0) is 13.7. The summed E-state index contributed by atoms with van der Waals surface area (Å²) in [6, 6.07) is 4.99. The van der Waals surface area contributed by atoms with Crippen molar-refractivity contribution in [2.24, 2.45) is 5.10 Å². The Kier molecular flexibility index (Phi) is 3.72. The van der Waals surface area contributed by atoms with E-state index in [1.54, 1.807) is 18.2 Å². The van der Waals surface area contributed by atoms with Crippen LogP contribution >= 0.6 is 0 Å². The van der Waals surface area contributed by atoms with E-state index in [-0.39, 0.29) is 11.7 Å². The predicted molar refractivity (Wildman–Crippen MR) is 68.5 cm³/mol. The number of nitrogens with zero attached hydrogens (tertiary/aromatic N) is 3. The van der Waals surface area contributed by atoms with Crippen LogP contribution in [0.2, 0.25) is 0 Å². The molecule has 19 heavy (non-hydrogen) atoms. The molecular weight excluding hydrogens is 250 g/mol. The molecule has 8 heteroatoms. The highest BCUT2D eigenvalue weighted by atomic mass is 16.5. The molecule has 0 aliphatic rings. The van der Waals surface area contributed by atoms with Crippen LogP contribution in [0.5, 0.6) is 11.5 Å². The first-order valence-corrected chi connectivity index (χ1v) is 5.28. The van der Waals surface area contributed by atoms with Gasteiger partial charge in [0.05, 0.1) is 13.3 Å². The minimum atomic E-state index is -0.392. The summed E-state index contributed by atoms with van der Waals surface area (Å²) < 4.78 is 4.96. The first-order chi connectivity index (χ1) is 9.20. The van der Waals surface area contributed by atoms with Gasteiger partial charge < -0.3 is 9.84 Å². The Hall–Kier alpha value is -2.90. The molecule has 0 radical (unpaired) electrons. The van der Waals surface area contributed by atoms with Gasteiger partial charge in [0.25, 0.3) is 5.56 Å². The Bertz CT molecular complexity index is 653. The summed E-state index contributed by atoms with van der Waals surface area (Å²) in [6.07, 6.45) is 2.41. The number of hydrogen-bond acceptors (Lipinski definition) is 7. The van der Waals surface area contributed by atoms with E-state index in [2.05, 4.69) is 25.7 Å². The molecule has 0 aliphatic carbocycles. The van der Waals surface area contributed by atoms with E-state index in [9.17, 15) is 9.90 Å². The van der Waals surface area contributed by atoms with Crippen LogP contribution in [0.1, 0.15) is 5.56 Å². The summed E-state index contributed by atoms with van der Waals surface area (Å²) in [6.45, 7) is 0. The minimum absolute atomic E-state index is 0.0248. The number of benzene rings is 1. The van der Waals surface area contributed by atoms with Gasteiger partial charge in [-0.3, -0.25) is 9.78 Å². The fraction of sp³-hybridized carbons (Fsp3) is 0.0909. The number of anilines is 1. The summed E-state index contributed by atoms with van der Waals surface area (Å²) in [5.74, 6) is 0.422. The van der Waals surface area contributed by atoms with Crippen LogP contribution in [-0.2, 0) is 0 Å². The first-order valence-electron chi connectivity index (χ1n) is 5.28. The second-order valence-electron chi connectivity index (χ2n) is 3.45. The van der Waals surface area contributed by atoms with Crippen molar-refractivity contribution in [3.8, 4) is 11.5 Å². The lowest BCUT2D eigenvalue weighted by Crippen LogP contribution is -2.10. The summed E-state index contributed by atoms with van der Waals surface area (Å²) in [5.41, 5.74) is 2.55. The smallest absolute Gasteiger partial charge is 0.271 e. The van der Waals surface area contributed by atoms with Gasteiger partial charge in [-0.2, -0.15) is 5.10 Å². The van der Waals surface area contributed by atoms with E-state index < -0.39 is 5.56 Å². The maximum atomic E-state index is 11.0. The largest absolute Gasteiger partial charge is 0.504 e. The number of phenols is 1. The average Bonchev–Trinajstić information content (AvgIpc) is 2.41. The van der Waals surface area contributed by atoms with Crippen molar-refractivity contribution in [2.75, 3.05) is 12.5 Å². The van der Waals surface area contributed by atoms with Crippen LogP contribution < -0.4 is 15.7 Å². The topological polar surface area (TPSA) is 112 Å². The molecule has 0 aliphatic heterocycles. The van der Waals surface area contributed by atoms with Gasteiger partial charge >= 0.3 is 0 Å². The fourth-order valence-corrected chi connectivity index (χ4v) is 1.33. The number of phenolic OH excluding ortho intramolecular Hbond substituents is 1. The number of ether oxygens (including phenoxy) is 1. The lowest BCUT2D eigenvalue weighted by molar-refractivity contribution is 0.373. The van der Waals surface area contributed by atoms with Crippen molar-refractivity contribution in [3.63, 3.8) is 0 Å². The van der Waals surface area contributed by atoms with Gasteiger partial charge in [-0.1, -0.05) is 6.07 Å². The molecule has 0 spiro atoms.